The Morgan fingerprint density at radius 1 is 1.12 bits per heavy atom. The Balaban J connectivity index is 1.56. The molecule has 1 aliphatic heterocycles. The number of nitrogens with zero attached hydrogens (tertiary/aromatic N) is 2. The van der Waals surface area contributed by atoms with Gasteiger partial charge >= 0.3 is 0 Å². The summed E-state index contributed by atoms with van der Waals surface area (Å²) in [6, 6.07) is 10.2. The van der Waals surface area contributed by atoms with Crippen LogP contribution >= 0.6 is 34.8 Å². The summed E-state index contributed by atoms with van der Waals surface area (Å²) in [7, 11) is -0.0417. The molecule has 0 aliphatic carbocycles. The minimum Gasteiger partial charge on any atom is -0.378 e. The number of anilines is 1. The van der Waals surface area contributed by atoms with Gasteiger partial charge in [-0.3, -0.25) is 4.79 Å². The van der Waals surface area contributed by atoms with Crippen LogP contribution in [0.4, 0.5) is 5.69 Å². The van der Waals surface area contributed by atoms with E-state index in [1.807, 2.05) is 43.3 Å². The van der Waals surface area contributed by atoms with Crippen molar-refractivity contribution < 1.29 is 17.9 Å². The zero-order valence-corrected chi connectivity index (χ0v) is 22.1. The summed E-state index contributed by atoms with van der Waals surface area (Å²) in [6.07, 6.45) is 2.19. The van der Waals surface area contributed by atoms with Crippen LogP contribution in [0.15, 0.2) is 41.3 Å². The average molecular weight is 549 g/mol. The van der Waals surface area contributed by atoms with Crippen LogP contribution in [0.3, 0.4) is 0 Å². The van der Waals surface area contributed by atoms with Gasteiger partial charge in [0.2, 0.25) is 15.9 Å². The first-order valence-corrected chi connectivity index (χ1v) is 13.4. The van der Waals surface area contributed by atoms with Crippen LogP contribution in [-0.4, -0.2) is 58.5 Å². The fraction of sp³-hybridized carbons (Fsp3) is 0.435. The number of hydrogen-bond donors (Lipinski definition) is 1. The number of ether oxygens (including phenoxy) is 1. The van der Waals surface area contributed by atoms with Gasteiger partial charge in [0.25, 0.3) is 0 Å². The van der Waals surface area contributed by atoms with Crippen LogP contribution in [0.1, 0.15) is 24.8 Å². The van der Waals surface area contributed by atoms with Gasteiger partial charge in [0.15, 0.2) is 0 Å². The van der Waals surface area contributed by atoms with Crippen molar-refractivity contribution in [3.8, 4) is 0 Å². The zero-order chi connectivity index (χ0) is 24.9. The van der Waals surface area contributed by atoms with E-state index in [9.17, 15) is 13.2 Å². The molecule has 1 saturated heterocycles. The predicted molar refractivity (Wildman–Crippen MR) is 136 cm³/mol. The van der Waals surface area contributed by atoms with Crippen molar-refractivity contribution in [2.45, 2.75) is 36.7 Å². The molecule has 0 aromatic heterocycles. The monoisotopic (exact) mass is 547 g/mol. The maximum absolute atomic E-state index is 13.3. The Labute approximate surface area is 216 Å². The molecular formula is C23H28Cl3N3O4S. The number of amides is 1. The van der Waals surface area contributed by atoms with Crippen molar-refractivity contribution >= 4 is 56.4 Å². The highest BCUT2D eigenvalue weighted by atomic mass is 35.5. The van der Waals surface area contributed by atoms with E-state index < -0.39 is 16.1 Å². The molecule has 0 spiro atoms. The fourth-order valence-corrected chi connectivity index (χ4v) is 6.98. The van der Waals surface area contributed by atoms with E-state index in [-0.39, 0.29) is 39.1 Å². The molecule has 0 radical (unpaired) electrons. The van der Waals surface area contributed by atoms with E-state index in [4.69, 9.17) is 39.5 Å². The van der Waals surface area contributed by atoms with Gasteiger partial charge in [-0.2, -0.15) is 4.31 Å². The molecule has 7 nitrogen and oxygen atoms in total. The molecule has 2 aromatic carbocycles. The quantitative estimate of drug-likeness (QED) is 0.496. The molecule has 1 N–H and O–H groups in total. The molecule has 1 heterocycles. The summed E-state index contributed by atoms with van der Waals surface area (Å²) < 4.78 is 33.7. The first-order chi connectivity index (χ1) is 16.1. The molecule has 34 heavy (non-hydrogen) atoms. The Kier molecular flexibility index (Phi) is 9.49. The average Bonchev–Trinajstić information content (AvgIpc) is 2.77. The number of nitrogens with one attached hydrogen (secondary N) is 1. The number of piperidine rings is 1. The lowest BCUT2D eigenvalue weighted by molar-refractivity contribution is -0.126. The summed E-state index contributed by atoms with van der Waals surface area (Å²) in [4.78, 5) is 14.1. The minimum absolute atomic E-state index is 0.0271. The largest absolute Gasteiger partial charge is 0.378 e. The van der Waals surface area contributed by atoms with E-state index in [0.717, 1.165) is 17.7 Å². The first-order valence-electron chi connectivity index (χ1n) is 10.9. The zero-order valence-electron chi connectivity index (χ0n) is 19.1. The van der Waals surface area contributed by atoms with Gasteiger partial charge in [0.05, 0.1) is 16.7 Å². The van der Waals surface area contributed by atoms with Crippen LogP contribution < -0.4 is 10.2 Å². The van der Waals surface area contributed by atoms with Gasteiger partial charge in [-0.15, -0.1) is 0 Å². The topological polar surface area (TPSA) is 79.0 Å². The Bertz CT molecular complexity index is 1090. The van der Waals surface area contributed by atoms with E-state index in [2.05, 4.69) is 5.32 Å². The van der Waals surface area contributed by atoms with Crippen LogP contribution in [-0.2, 0) is 26.1 Å². The summed E-state index contributed by atoms with van der Waals surface area (Å²) in [5.74, 6) is -0.273. The van der Waals surface area contributed by atoms with Crippen LogP contribution in [0.2, 0.25) is 15.1 Å². The second-order valence-electron chi connectivity index (χ2n) is 8.32. The van der Waals surface area contributed by atoms with Crippen molar-refractivity contribution in [2.75, 3.05) is 38.8 Å². The summed E-state index contributed by atoms with van der Waals surface area (Å²) in [5, 5.41) is 3.02. The molecule has 3 rings (SSSR count). The molecule has 1 amide bonds. The number of halogens is 3. The first kappa shape index (κ1) is 27.0. The lowest BCUT2D eigenvalue weighted by Gasteiger charge is -2.34. The third-order valence-corrected chi connectivity index (χ3v) is 8.68. The Morgan fingerprint density at radius 2 is 1.76 bits per heavy atom. The maximum atomic E-state index is 13.3. The molecule has 1 unspecified atom stereocenters. The molecular weight excluding hydrogens is 521 g/mol. The van der Waals surface area contributed by atoms with Gasteiger partial charge in [-0.05, 0) is 42.7 Å². The molecule has 186 valence electrons. The highest BCUT2D eigenvalue weighted by molar-refractivity contribution is 7.89. The second kappa shape index (κ2) is 11.9. The summed E-state index contributed by atoms with van der Waals surface area (Å²) in [6.45, 7) is 0.629. The molecule has 11 heteroatoms. The normalized spacial score (nSPS) is 16.9. The van der Waals surface area contributed by atoms with E-state index in [1.54, 1.807) is 0 Å². The maximum Gasteiger partial charge on any atom is 0.246 e. The van der Waals surface area contributed by atoms with Gasteiger partial charge in [-0.1, -0.05) is 53.4 Å². The van der Waals surface area contributed by atoms with Crippen LogP contribution in [0, 0.1) is 0 Å². The lowest BCUT2D eigenvalue weighted by atomic mass is 10.1. The fourth-order valence-electron chi connectivity index (χ4n) is 3.80. The standard InChI is InChI=1S/C23H28Cl3N3O4S/c1-28(2)18-8-6-16(7-9-18)13-27-22(30)15-33-14-19-5-3-4-10-29(19)34(31,32)23-20(25)11-17(24)12-21(23)26/h6-9,11-12,19H,3-5,10,13-15H2,1-2H3,(H,27,30). The minimum atomic E-state index is -3.97. The van der Waals surface area contributed by atoms with Crippen LogP contribution in [0.5, 0.6) is 0 Å². The number of hydrogen-bond acceptors (Lipinski definition) is 5. The van der Waals surface area contributed by atoms with Gasteiger partial charge in [-0.25, -0.2) is 8.42 Å². The number of sulfonamides is 1. The smallest absolute Gasteiger partial charge is 0.246 e. The highest BCUT2D eigenvalue weighted by Crippen LogP contribution is 2.36. The third-order valence-electron chi connectivity index (χ3n) is 5.59. The number of carbonyl (C=O) groups excluding carboxylic acids is 1. The molecule has 2 aromatic rings. The molecule has 1 atom stereocenters. The number of carbonyl (C=O) groups is 1. The van der Waals surface area contributed by atoms with Crippen molar-refractivity contribution in [2.24, 2.45) is 0 Å². The van der Waals surface area contributed by atoms with E-state index in [0.29, 0.717) is 25.9 Å². The molecule has 1 fully saturated rings. The molecule has 1 aliphatic rings. The Hall–Kier alpha value is -1.55. The number of rotatable bonds is 9. The summed E-state index contributed by atoms with van der Waals surface area (Å²) >= 11 is 18.3. The van der Waals surface area contributed by atoms with Crippen LogP contribution in [0.25, 0.3) is 0 Å². The highest BCUT2D eigenvalue weighted by Gasteiger charge is 2.36. The van der Waals surface area contributed by atoms with Crippen molar-refractivity contribution in [1.82, 2.24) is 9.62 Å². The second-order valence-corrected chi connectivity index (χ2v) is 11.4. The molecule has 0 saturated carbocycles. The van der Waals surface area contributed by atoms with Crippen molar-refractivity contribution in [1.29, 1.82) is 0 Å². The van der Waals surface area contributed by atoms with Gasteiger partial charge in [0, 0.05) is 43.9 Å². The SMILES string of the molecule is CN(C)c1ccc(CNC(=O)COCC2CCCCN2S(=O)(=O)c2c(Cl)cc(Cl)cc2Cl)cc1. The summed E-state index contributed by atoms with van der Waals surface area (Å²) in [5.41, 5.74) is 2.05. The van der Waals surface area contributed by atoms with Gasteiger partial charge in [0.1, 0.15) is 11.5 Å². The molecule has 0 bridgehead atoms. The van der Waals surface area contributed by atoms with Crippen molar-refractivity contribution in [3.63, 3.8) is 0 Å². The van der Waals surface area contributed by atoms with E-state index in [1.165, 1.54) is 16.4 Å². The Morgan fingerprint density at radius 3 is 2.38 bits per heavy atom. The van der Waals surface area contributed by atoms with Gasteiger partial charge < -0.3 is 15.0 Å². The van der Waals surface area contributed by atoms with E-state index >= 15 is 0 Å². The predicted octanol–water partition coefficient (Wildman–Crippen LogP) is 4.59. The number of benzene rings is 2. The lowest BCUT2D eigenvalue weighted by Crippen LogP contribution is -2.46. The third kappa shape index (κ3) is 6.77. The van der Waals surface area contributed by atoms with Crippen molar-refractivity contribution in [3.05, 3.63) is 57.0 Å².